The molecule has 0 fully saturated rings. The van der Waals surface area contributed by atoms with Crippen LogP contribution in [0.15, 0.2) is 45.3 Å². The van der Waals surface area contributed by atoms with E-state index in [1.54, 1.807) is 0 Å². The van der Waals surface area contributed by atoms with Crippen molar-refractivity contribution in [3.63, 3.8) is 0 Å². The summed E-state index contributed by atoms with van der Waals surface area (Å²) >= 11 is 13.0. The van der Waals surface area contributed by atoms with Gasteiger partial charge < -0.3 is 10.1 Å². The number of ether oxygens (including phenoxy) is 1. The molecule has 0 saturated heterocycles. The van der Waals surface area contributed by atoms with Crippen LogP contribution in [0.2, 0.25) is 5.02 Å². The van der Waals surface area contributed by atoms with Gasteiger partial charge in [0.05, 0.1) is 11.1 Å². The highest BCUT2D eigenvalue weighted by molar-refractivity contribution is 9.11. The summed E-state index contributed by atoms with van der Waals surface area (Å²) in [4.78, 5) is 0. The summed E-state index contributed by atoms with van der Waals surface area (Å²) < 4.78 is 7.74. The fourth-order valence-electron chi connectivity index (χ4n) is 2.16. The SMILES string of the molecule is CCOc1c(Br)cc(Br)cc1CNCCc1ccc(Cl)cc1.Cl. The third-order valence-corrected chi connectivity index (χ3v) is 4.49. The molecule has 2 nitrogen and oxygen atoms in total. The van der Waals surface area contributed by atoms with Crippen molar-refractivity contribution < 1.29 is 4.74 Å². The number of nitrogens with one attached hydrogen (secondary N) is 1. The van der Waals surface area contributed by atoms with Crippen LogP contribution in [0.4, 0.5) is 0 Å². The molecule has 0 aliphatic carbocycles. The Morgan fingerprint density at radius 2 is 1.83 bits per heavy atom. The summed E-state index contributed by atoms with van der Waals surface area (Å²) in [5.41, 5.74) is 2.41. The molecule has 2 aromatic rings. The highest BCUT2D eigenvalue weighted by Gasteiger charge is 2.09. The molecule has 0 bridgehead atoms. The molecule has 0 radical (unpaired) electrons. The molecule has 0 heterocycles. The van der Waals surface area contributed by atoms with Crippen LogP contribution in [0.5, 0.6) is 5.75 Å². The highest BCUT2D eigenvalue weighted by atomic mass is 79.9. The molecule has 0 atom stereocenters. The standard InChI is InChI=1S/C17H18Br2ClNO.ClH/c1-2-22-17-13(9-14(18)10-16(17)19)11-21-8-7-12-3-5-15(20)6-4-12;/h3-6,9-10,21H,2,7-8,11H2,1H3;1H. The first-order chi connectivity index (χ1) is 10.6. The van der Waals surface area contributed by atoms with Crippen LogP contribution in [0.3, 0.4) is 0 Å². The van der Waals surface area contributed by atoms with Crippen LogP contribution in [0.1, 0.15) is 18.1 Å². The maximum atomic E-state index is 5.89. The zero-order chi connectivity index (χ0) is 15.9. The molecule has 0 amide bonds. The maximum Gasteiger partial charge on any atom is 0.138 e. The van der Waals surface area contributed by atoms with Gasteiger partial charge in [0.15, 0.2) is 0 Å². The maximum absolute atomic E-state index is 5.89. The van der Waals surface area contributed by atoms with E-state index in [0.29, 0.717) is 6.61 Å². The molecular weight excluding hydrogens is 465 g/mol. The molecular formula is C17H19Br2Cl2NO. The van der Waals surface area contributed by atoms with Gasteiger partial charge in [0, 0.05) is 21.6 Å². The van der Waals surface area contributed by atoms with Gasteiger partial charge >= 0.3 is 0 Å². The Balaban J connectivity index is 0.00000264. The zero-order valence-corrected chi connectivity index (χ0v) is 17.5. The fourth-order valence-corrected chi connectivity index (χ4v) is 3.71. The minimum atomic E-state index is 0. The second-order valence-corrected chi connectivity index (χ2v) is 7.07. The van der Waals surface area contributed by atoms with Crippen LogP contribution >= 0.6 is 55.9 Å². The van der Waals surface area contributed by atoms with E-state index in [-0.39, 0.29) is 12.4 Å². The number of halogens is 4. The highest BCUT2D eigenvalue weighted by Crippen LogP contribution is 2.32. The third kappa shape index (κ3) is 6.63. The lowest BCUT2D eigenvalue weighted by Crippen LogP contribution is -2.17. The van der Waals surface area contributed by atoms with Gasteiger partial charge in [-0.3, -0.25) is 0 Å². The van der Waals surface area contributed by atoms with Gasteiger partial charge in [-0.25, -0.2) is 0 Å². The molecule has 6 heteroatoms. The van der Waals surface area contributed by atoms with Crippen molar-refractivity contribution in [1.29, 1.82) is 0 Å². The molecule has 0 aliphatic rings. The number of hydrogen-bond acceptors (Lipinski definition) is 2. The van der Waals surface area contributed by atoms with Crippen molar-refractivity contribution >= 4 is 55.9 Å². The largest absolute Gasteiger partial charge is 0.492 e. The molecule has 0 aromatic heterocycles. The fraction of sp³-hybridized carbons (Fsp3) is 0.294. The van der Waals surface area contributed by atoms with Gasteiger partial charge in [0.2, 0.25) is 0 Å². The lowest BCUT2D eigenvalue weighted by Gasteiger charge is -2.14. The van der Waals surface area contributed by atoms with Crippen LogP contribution in [-0.2, 0) is 13.0 Å². The quantitative estimate of drug-likeness (QED) is 0.486. The van der Waals surface area contributed by atoms with Gasteiger partial charge in [0.1, 0.15) is 5.75 Å². The Morgan fingerprint density at radius 1 is 1.13 bits per heavy atom. The normalized spacial score (nSPS) is 10.3. The molecule has 0 aliphatic heterocycles. The van der Waals surface area contributed by atoms with Crippen molar-refractivity contribution in [3.8, 4) is 5.75 Å². The second-order valence-electron chi connectivity index (χ2n) is 4.86. The van der Waals surface area contributed by atoms with Gasteiger partial charge in [-0.1, -0.05) is 39.7 Å². The van der Waals surface area contributed by atoms with E-state index in [1.165, 1.54) is 5.56 Å². The Bertz CT molecular complexity index is 621. The molecule has 126 valence electrons. The van der Waals surface area contributed by atoms with Gasteiger partial charge in [-0.2, -0.15) is 0 Å². The minimum Gasteiger partial charge on any atom is -0.492 e. The number of hydrogen-bond donors (Lipinski definition) is 1. The van der Waals surface area contributed by atoms with Crippen molar-refractivity contribution in [2.75, 3.05) is 13.2 Å². The molecule has 0 spiro atoms. The van der Waals surface area contributed by atoms with E-state index in [9.17, 15) is 0 Å². The van der Waals surface area contributed by atoms with Crippen molar-refractivity contribution in [3.05, 3.63) is 61.5 Å². The molecule has 2 aromatic carbocycles. The van der Waals surface area contributed by atoms with Crippen LogP contribution in [-0.4, -0.2) is 13.2 Å². The van der Waals surface area contributed by atoms with Crippen LogP contribution in [0, 0.1) is 0 Å². The van der Waals surface area contributed by atoms with Crippen molar-refractivity contribution in [1.82, 2.24) is 5.32 Å². The first-order valence-corrected chi connectivity index (χ1v) is 9.12. The summed E-state index contributed by atoms with van der Waals surface area (Å²) in [5, 5.41) is 4.24. The van der Waals surface area contributed by atoms with Crippen molar-refractivity contribution in [2.45, 2.75) is 19.9 Å². The molecule has 2 rings (SSSR count). The molecule has 1 N–H and O–H groups in total. The monoisotopic (exact) mass is 481 g/mol. The Kier molecular flexibility index (Phi) is 9.55. The zero-order valence-electron chi connectivity index (χ0n) is 12.7. The topological polar surface area (TPSA) is 21.3 Å². The summed E-state index contributed by atoms with van der Waals surface area (Å²) in [7, 11) is 0. The van der Waals surface area contributed by atoms with E-state index in [2.05, 4.69) is 55.4 Å². The summed E-state index contributed by atoms with van der Waals surface area (Å²) in [6, 6.07) is 12.1. The minimum absolute atomic E-state index is 0. The summed E-state index contributed by atoms with van der Waals surface area (Å²) in [6.07, 6.45) is 0.969. The number of rotatable bonds is 7. The summed E-state index contributed by atoms with van der Waals surface area (Å²) in [6.45, 7) is 4.31. The van der Waals surface area contributed by atoms with Crippen LogP contribution < -0.4 is 10.1 Å². The molecule has 0 saturated carbocycles. The predicted molar refractivity (Wildman–Crippen MR) is 107 cm³/mol. The predicted octanol–water partition coefficient (Wildman–Crippen LogP) is 6.02. The lowest BCUT2D eigenvalue weighted by molar-refractivity contribution is 0.333. The first kappa shape index (κ1) is 20.8. The molecule has 23 heavy (non-hydrogen) atoms. The van der Waals surface area contributed by atoms with Crippen LogP contribution in [0.25, 0.3) is 0 Å². The van der Waals surface area contributed by atoms with Gasteiger partial charge in [-0.05, 0) is 65.6 Å². The Hall–Kier alpha value is -0.260. The van der Waals surface area contributed by atoms with Gasteiger partial charge in [-0.15, -0.1) is 12.4 Å². The number of benzene rings is 2. The average Bonchev–Trinajstić information content (AvgIpc) is 2.48. The van der Waals surface area contributed by atoms with E-state index in [4.69, 9.17) is 16.3 Å². The van der Waals surface area contributed by atoms with E-state index in [0.717, 1.165) is 44.8 Å². The summed E-state index contributed by atoms with van der Waals surface area (Å²) in [5.74, 6) is 0.907. The second kappa shape index (κ2) is 10.6. The van der Waals surface area contributed by atoms with Crippen molar-refractivity contribution in [2.24, 2.45) is 0 Å². The first-order valence-electron chi connectivity index (χ1n) is 7.16. The average molecular weight is 484 g/mol. The van der Waals surface area contributed by atoms with Gasteiger partial charge in [0.25, 0.3) is 0 Å². The molecule has 0 unspecified atom stereocenters. The Labute approximate surface area is 165 Å². The Morgan fingerprint density at radius 3 is 2.48 bits per heavy atom. The smallest absolute Gasteiger partial charge is 0.138 e. The lowest BCUT2D eigenvalue weighted by atomic mass is 10.1. The van der Waals surface area contributed by atoms with E-state index < -0.39 is 0 Å². The van der Waals surface area contributed by atoms with E-state index in [1.807, 2.05) is 25.1 Å². The van der Waals surface area contributed by atoms with E-state index >= 15 is 0 Å². The third-order valence-electron chi connectivity index (χ3n) is 3.19.